The zero-order valence-corrected chi connectivity index (χ0v) is 12.6. The topological polar surface area (TPSA) is 67.3 Å². The Morgan fingerprint density at radius 3 is 2.77 bits per heavy atom. The van der Waals surface area contributed by atoms with Crippen LogP contribution in [-0.4, -0.2) is 34.6 Å². The van der Waals surface area contributed by atoms with E-state index in [1.54, 1.807) is 6.07 Å². The number of rotatable bonds is 3. The van der Waals surface area contributed by atoms with E-state index in [9.17, 15) is 4.79 Å². The molecule has 22 heavy (non-hydrogen) atoms. The highest BCUT2D eigenvalue weighted by atomic mass is 16.5. The molecule has 0 bridgehead atoms. The van der Waals surface area contributed by atoms with E-state index in [2.05, 4.69) is 22.2 Å². The van der Waals surface area contributed by atoms with Crippen LogP contribution in [0.15, 0.2) is 42.7 Å². The van der Waals surface area contributed by atoms with Crippen LogP contribution < -0.4 is 10.1 Å². The molecule has 1 N–H and O–H groups in total. The van der Waals surface area contributed by atoms with Crippen LogP contribution in [0.4, 0.5) is 10.6 Å². The fraction of sp³-hybridized carbons (Fsp3) is 0.312. The summed E-state index contributed by atoms with van der Waals surface area (Å²) >= 11 is 0. The molecular formula is C16H18N4O2. The van der Waals surface area contributed by atoms with Crippen LogP contribution in [0.25, 0.3) is 0 Å². The van der Waals surface area contributed by atoms with Gasteiger partial charge in [-0.05, 0) is 11.5 Å². The first-order valence-corrected chi connectivity index (χ1v) is 7.17. The second-order valence-electron chi connectivity index (χ2n) is 5.36. The minimum Gasteiger partial charge on any atom is -0.481 e. The van der Waals surface area contributed by atoms with Crippen LogP contribution in [-0.2, 0) is 0 Å². The maximum absolute atomic E-state index is 12.4. The number of nitrogens with one attached hydrogen (secondary N) is 1. The Morgan fingerprint density at radius 1 is 1.32 bits per heavy atom. The van der Waals surface area contributed by atoms with Crippen LogP contribution in [0.3, 0.4) is 0 Å². The van der Waals surface area contributed by atoms with Crippen molar-refractivity contribution < 1.29 is 9.53 Å². The standard InChI is InChI=1S/C16H18N4O2/c1-11-9-20(15(11)12-6-4-3-5-7-12)16(21)19-13-8-14(22-2)18-10-17-13/h3-8,10-11,15H,9H2,1-2H3,(H,17,18,19,21)/t11-,15+/m0/s1. The summed E-state index contributed by atoms with van der Waals surface area (Å²) in [5.74, 6) is 1.29. The number of amides is 2. The molecule has 6 nitrogen and oxygen atoms in total. The molecule has 1 aromatic heterocycles. The zero-order chi connectivity index (χ0) is 15.5. The summed E-state index contributed by atoms with van der Waals surface area (Å²) in [5.41, 5.74) is 1.15. The number of benzene rings is 1. The first-order chi connectivity index (χ1) is 10.7. The zero-order valence-electron chi connectivity index (χ0n) is 12.6. The molecule has 1 fully saturated rings. The van der Waals surface area contributed by atoms with Crippen molar-refractivity contribution >= 4 is 11.8 Å². The Labute approximate surface area is 129 Å². The Balaban J connectivity index is 1.72. The van der Waals surface area contributed by atoms with Gasteiger partial charge >= 0.3 is 6.03 Å². The second kappa shape index (κ2) is 6.01. The first-order valence-electron chi connectivity index (χ1n) is 7.17. The van der Waals surface area contributed by atoms with Gasteiger partial charge < -0.3 is 9.64 Å². The van der Waals surface area contributed by atoms with Gasteiger partial charge in [0.25, 0.3) is 0 Å². The summed E-state index contributed by atoms with van der Waals surface area (Å²) in [6.07, 6.45) is 1.36. The van der Waals surface area contributed by atoms with Gasteiger partial charge in [0.1, 0.15) is 12.1 Å². The largest absolute Gasteiger partial charge is 0.481 e. The summed E-state index contributed by atoms with van der Waals surface area (Å²) in [6, 6.07) is 11.6. The molecule has 2 atom stereocenters. The Kier molecular flexibility index (Phi) is 3.91. The fourth-order valence-corrected chi connectivity index (χ4v) is 2.76. The molecule has 3 rings (SSSR count). The maximum Gasteiger partial charge on any atom is 0.323 e. The molecule has 2 heterocycles. The molecule has 2 amide bonds. The summed E-state index contributed by atoms with van der Waals surface area (Å²) in [6.45, 7) is 2.88. The van der Waals surface area contributed by atoms with Gasteiger partial charge in [0.15, 0.2) is 0 Å². The van der Waals surface area contributed by atoms with Gasteiger partial charge in [-0.2, -0.15) is 0 Å². The van der Waals surface area contributed by atoms with E-state index in [0.29, 0.717) is 17.6 Å². The van der Waals surface area contributed by atoms with Crippen molar-refractivity contribution in [1.82, 2.24) is 14.9 Å². The first kappa shape index (κ1) is 14.3. The summed E-state index contributed by atoms with van der Waals surface area (Å²) in [4.78, 5) is 22.2. The van der Waals surface area contributed by atoms with E-state index in [1.807, 2.05) is 35.2 Å². The highest BCUT2D eigenvalue weighted by Gasteiger charge is 2.40. The van der Waals surface area contributed by atoms with Crippen molar-refractivity contribution in [2.24, 2.45) is 5.92 Å². The minimum absolute atomic E-state index is 0.102. The fourth-order valence-electron chi connectivity index (χ4n) is 2.76. The summed E-state index contributed by atoms with van der Waals surface area (Å²) in [7, 11) is 1.52. The van der Waals surface area contributed by atoms with E-state index >= 15 is 0 Å². The van der Waals surface area contributed by atoms with Gasteiger partial charge in [0.05, 0.1) is 13.2 Å². The highest BCUT2D eigenvalue weighted by molar-refractivity contribution is 5.89. The lowest BCUT2D eigenvalue weighted by Gasteiger charge is -2.46. The van der Waals surface area contributed by atoms with E-state index in [1.165, 1.54) is 13.4 Å². The van der Waals surface area contributed by atoms with E-state index in [-0.39, 0.29) is 12.1 Å². The lowest BCUT2D eigenvalue weighted by atomic mass is 9.85. The number of anilines is 1. The molecule has 0 saturated carbocycles. The van der Waals surface area contributed by atoms with Crippen molar-refractivity contribution in [2.45, 2.75) is 13.0 Å². The lowest BCUT2D eigenvalue weighted by Crippen LogP contribution is -2.53. The van der Waals surface area contributed by atoms with Gasteiger partial charge in [-0.15, -0.1) is 0 Å². The third-order valence-electron chi connectivity index (χ3n) is 3.85. The quantitative estimate of drug-likeness (QED) is 0.946. The van der Waals surface area contributed by atoms with Crippen LogP contribution in [0.5, 0.6) is 5.88 Å². The van der Waals surface area contributed by atoms with Gasteiger partial charge in [0.2, 0.25) is 5.88 Å². The second-order valence-corrected chi connectivity index (χ2v) is 5.36. The average molecular weight is 298 g/mol. The van der Waals surface area contributed by atoms with Crippen LogP contribution in [0, 0.1) is 5.92 Å². The smallest absolute Gasteiger partial charge is 0.323 e. The number of carbonyl (C=O) groups excluding carboxylic acids is 1. The van der Waals surface area contributed by atoms with Crippen molar-refractivity contribution in [3.05, 3.63) is 48.3 Å². The number of urea groups is 1. The monoisotopic (exact) mass is 298 g/mol. The van der Waals surface area contributed by atoms with Gasteiger partial charge in [-0.3, -0.25) is 5.32 Å². The molecule has 1 aliphatic rings. The van der Waals surface area contributed by atoms with Crippen molar-refractivity contribution in [3.63, 3.8) is 0 Å². The minimum atomic E-state index is -0.160. The highest BCUT2D eigenvalue weighted by Crippen LogP contribution is 2.38. The molecule has 1 saturated heterocycles. The number of methoxy groups -OCH3 is 1. The molecular weight excluding hydrogens is 280 g/mol. The summed E-state index contributed by atoms with van der Waals surface area (Å²) in [5, 5.41) is 2.79. The van der Waals surface area contributed by atoms with Crippen LogP contribution >= 0.6 is 0 Å². The Hall–Kier alpha value is -2.63. The number of carbonyl (C=O) groups is 1. The third kappa shape index (κ3) is 2.72. The number of hydrogen-bond acceptors (Lipinski definition) is 4. The van der Waals surface area contributed by atoms with Gasteiger partial charge in [0, 0.05) is 12.6 Å². The predicted molar refractivity (Wildman–Crippen MR) is 82.7 cm³/mol. The Bertz CT molecular complexity index is 662. The van der Waals surface area contributed by atoms with E-state index < -0.39 is 0 Å². The average Bonchev–Trinajstić information content (AvgIpc) is 2.53. The van der Waals surface area contributed by atoms with Crippen LogP contribution in [0.2, 0.25) is 0 Å². The molecule has 0 radical (unpaired) electrons. The maximum atomic E-state index is 12.4. The Morgan fingerprint density at radius 2 is 2.09 bits per heavy atom. The molecule has 2 aromatic rings. The number of likely N-dealkylation sites (tertiary alicyclic amines) is 1. The van der Waals surface area contributed by atoms with Gasteiger partial charge in [-0.25, -0.2) is 14.8 Å². The molecule has 114 valence electrons. The van der Waals surface area contributed by atoms with Crippen molar-refractivity contribution in [2.75, 3.05) is 19.0 Å². The lowest BCUT2D eigenvalue weighted by molar-refractivity contribution is 0.0670. The molecule has 0 aliphatic carbocycles. The summed E-state index contributed by atoms with van der Waals surface area (Å²) < 4.78 is 5.03. The molecule has 1 aliphatic heterocycles. The van der Waals surface area contributed by atoms with E-state index in [0.717, 1.165) is 12.1 Å². The third-order valence-corrected chi connectivity index (χ3v) is 3.85. The number of aromatic nitrogens is 2. The number of nitrogens with zero attached hydrogens (tertiary/aromatic N) is 3. The number of ether oxygens (including phenoxy) is 1. The van der Waals surface area contributed by atoms with Crippen molar-refractivity contribution in [1.29, 1.82) is 0 Å². The van der Waals surface area contributed by atoms with Gasteiger partial charge in [-0.1, -0.05) is 37.3 Å². The van der Waals surface area contributed by atoms with E-state index in [4.69, 9.17) is 4.74 Å². The normalized spacial score (nSPS) is 20.2. The molecule has 1 aromatic carbocycles. The van der Waals surface area contributed by atoms with Crippen LogP contribution in [0.1, 0.15) is 18.5 Å². The molecule has 6 heteroatoms. The molecule has 0 unspecified atom stereocenters. The SMILES string of the molecule is COc1cc(NC(=O)N2C[C@H](C)[C@@H]2c2ccccc2)ncn1. The molecule has 0 spiro atoms. The predicted octanol–water partition coefficient (Wildman–Crippen LogP) is 2.71. The van der Waals surface area contributed by atoms with Crippen molar-refractivity contribution in [3.8, 4) is 5.88 Å². The number of hydrogen-bond donors (Lipinski definition) is 1.